The van der Waals surface area contributed by atoms with Gasteiger partial charge in [-0.25, -0.2) is 4.52 Å². The van der Waals surface area contributed by atoms with Gasteiger partial charge in [0, 0.05) is 12.4 Å². The van der Waals surface area contributed by atoms with Crippen LogP contribution in [0.2, 0.25) is 0 Å². The van der Waals surface area contributed by atoms with E-state index in [9.17, 15) is 4.79 Å². The number of carbonyl (C=O) groups excluding carboxylic acids is 1. The normalized spacial score (nSPS) is 10.8. The van der Waals surface area contributed by atoms with Gasteiger partial charge in [-0.15, -0.1) is 0 Å². The van der Waals surface area contributed by atoms with Crippen molar-refractivity contribution in [2.75, 3.05) is 7.11 Å². The first-order chi connectivity index (χ1) is 10.1. The number of hydrogen-bond acceptors (Lipinski definition) is 4. The average molecular weight is 281 g/mol. The second-order valence-corrected chi connectivity index (χ2v) is 4.88. The number of ether oxygens (including phenoxy) is 1. The zero-order valence-corrected chi connectivity index (χ0v) is 12.1. The van der Waals surface area contributed by atoms with Crippen LogP contribution in [0.1, 0.15) is 27.0 Å². The summed E-state index contributed by atoms with van der Waals surface area (Å²) in [7, 11) is 1.58. The standard InChI is InChI=1S/C16H15N3O2/c1-10-4-5-12(16(21-3)11(10)2)15(20)13-8-18-19-7-6-17-9-14(13)19/h4-9H,1-3H3. The largest absolute Gasteiger partial charge is 0.496 e. The van der Waals surface area contributed by atoms with E-state index >= 15 is 0 Å². The molecule has 0 fully saturated rings. The Morgan fingerprint density at radius 2 is 2.00 bits per heavy atom. The van der Waals surface area contributed by atoms with Crippen molar-refractivity contribution in [2.45, 2.75) is 13.8 Å². The predicted octanol–water partition coefficient (Wildman–Crippen LogP) is 2.59. The molecule has 106 valence electrons. The molecule has 0 saturated carbocycles. The minimum absolute atomic E-state index is 0.113. The van der Waals surface area contributed by atoms with Crippen LogP contribution in [0.15, 0.2) is 36.9 Å². The van der Waals surface area contributed by atoms with Crippen LogP contribution in [0.25, 0.3) is 5.52 Å². The summed E-state index contributed by atoms with van der Waals surface area (Å²) in [4.78, 5) is 16.9. The third-order valence-corrected chi connectivity index (χ3v) is 3.69. The molecule has 21 heavy (non-hydrogen) atoms. The van der Waals surface area contributed by atoms with Crippen molar-refractivity contribution >= 4 is 11.3 Å². The quantitative estimate of drug-likeness (QED) is 0.692. The van der Waals surface area contributed by atoms with Gasteiger partial charge in [0.2, 0.25) is 5.78 Å². The molecular weight excluding hydrogens is 266 g/mol. The number of benzene rings is 1. The number of aromatic nitrogens is 3. The van der Waals surface area contributed by atoms with E-state index in [2.05, 4.69) is 10.1 Å². The van der Waals surface area contributed by atoms with Crippen LogP contribution < -0.4 is 4.74 Å². The highest BCUT2D eigenvalue weighted by Crippen LogP contribution is 2.28. The van der Waals surface area contributed by atoms with Crippen molar-refractivity contribution in [1.82, 2.24) is 14.6 Å². The Hall–Kier alpha value is -2.69. The Balaban J connectivity index is 2.17. The molecule has 2 aromatic heterocycles. The lowest BCUT2D eigenvalue weighted by atomic mass is 9.98. The van der Waals surface area contributed by atoms with Crippen LogP contribution >= 0.6 is 0 Å². The molecule has 3 aromatic rings. The third-order valence-electron chi connectivity index (χ3n) is 3.69. The van der Waals surface area contributed by atoms with Gasteiger partial charge in [0.05, 0.1) is 36.1 Å². The van der Waals surface area contributed by atoms with Gasteiger partial charge in [0.25, 0.3) is 0 Å². The van der Waals surface area contributed by atoms with Crippen LogP contribution in [0.3, 0.4) is 0 Å². The van der Waals surface area contributed by atoms with Crippen molar-refractivity contribution in [3.8, 4) is 5.75 Å². The van der Waals surface area contributed by atoms with E-state index in [0.717, 1.165) is 11.1 Å². The summed E-state index contributed by atoms with van der Waals surface area (Å²) in [5.41, 5.74) is 3.80. The molecule has 0 aliphatic carbocycles. The highest BCUT2D eigenvalue weighted by Gasteiger charge is 2.20. The van der Waals surface area contributed by atoms with E-state index in [1.807, 2.05) is 19.9 Å². The summed E-state index contributed by atoms with van der Waals surface area (Å²) < 4.78 is 7.06. The summed E-state index contributed by atoms with van der Waals surface area (Å²) in [6.45, 7) is 3.94. The number of ketones is 1. The molecule has 0 aliphatic heterocycles. The molecule has 0 aliphatic rings. The fraction of sp³-hybridized carbons (Fsp3) is 0.188. The summed E-state index contributed by atoms with van der Waals surface area (Å²) in [5.74, 6) is 0.501. The fourth-order valence-corrected chi connectivity index (χ4v) is 2.39. The first-order valence-corrected chi connectivity index (χ1v) is 6.59. The number of carbonyl (C=O) groups is 1. The molecule has 0 N–H and O–H groups in total. The van der Waals surface area contributed by atoms with Gasteiger partial charge in [-0.2, -0.15) is 5.10 Å². The minimum Gasteiger partial charge on any atom is -0.496 e. The molecule has 1 aromatic carbocycles. The topological polar surface area (TPSA) is 56.5 Å². The molecule has 0 unspecified atom stereocenters. The number of aryl methyl sites for hydroxylation is 1. The number of methoxy groups -OCH3 is 1. The molecule has 0 bridgehead atoms. The molecule has 5 heteroatoms. The molecule has 2 heterocycles. The van der Waals surface area contributed by atoms with Gasteiger partial charge in [-0.1, -0.05) is 6.07 Å². The molecule has 0 saturated heterocycles. The SMILES string of the molecule is COc1c(C(=O)c2cnn3ccncc23)ccc(C)c1C. The summed E-state index contributed by atoms with van der Waals surface area (Å²) in [5, 5.41) is 4.18. The van der Waals surface area contributed by atoms with E-state index in [1.165, 1.54) is 0 Å². The van der Waals surface area contributed by atoms with Crippen LogP contribution in [-0.2, 0) is 0 Å². The Morgan fingerprint density at radius 1 is 1.19 bits per heavy atom. The minimum atomic E-state index is -0.113. The molecule has 0 spiro atoms. The van der Waals surface area contributed by atoms with Crippen LogP contribution in [0, 0.1) is 13.8 Å². The van der Waals surface area contributed by atoms with Crippen LogP contribution in [0.5, 0.6) is 5.75 Å². The third kappa shape index (κ3) is 2.07. The first kappa shape index (κ1) is 13.3. The van der Waals surface area contributed by atoms with Gasteiger partial charge < -0.3 is 4.74 Å². The maximum absolute atomic E-state index is 12.8. The van der Waals surface area contributed by atoms with Gasteiger partial charge in [0.15, 0.2) is 0 Å². The average Bonchev–Trinajstić information content (AvgIpc) is 2.93. The Labute approximate surface area is 122 Å². The lowest BCUT2D eigenvalue weighted by Gasteiger charge is -2.12. The molecular formula is C16H15N3O2. The molecule has 0 radical (unpaired) electrons. The Morgan fingerprint density at radius 3 is 2.76 bits per heavy atom. The molecule has 5 nitrogen and oxygen atoms in total. The van der Waals surface area contributed by atoms with Crippen molar-refractivity contribution in [2.24, 2.45) is 0 Å². The number of hydrogen-bond donors (Lipinski definition) is 0. The van der Waals surface area contributed by atoms with Gasteiger partial charge >= 0.3 is 0 Å². The highest BCUT2D eigenvalue weighted by atomic mass is 16.5. The molecule has 3 rings (SSSR count). The smallest absolute Gasteiger partial charge is 0.200 e. The van der Waals surface area contributed by atoms with E-state index in [4.69, 9.17) is 4.74 Å². The Kier molecular flexibility index (Phi) is 3.17. The summed E-state index contributed by atoms with van der Waals surface area (Å²) in [6.07, 6.45) is 6.54. The summed E-state index contributed by atoms with van der Waals surface area (Å²) in [6, 6.07) is 3.72. The second kappa shape index (κ2) is 5.01. The van der Waals surface area contributed by atoms with Crippen LogP contribution in [0.4, 0.5) is 0 Å². The second-order valence-electron chi connectivity index (χ2n) is 4.88. The summed E-state index contributed by atoms with van der Waals surface area (Å²) >= 11 is 0. The van der Waals surface area contributed by atoms with Crippen molar-refractivity contribution in [3.63, 3.8) is 0 Å². The van der Waals surface area contributed by atoms with Gasteiger partial charge in [-0.3, -0.25) is 9.78 Å². The van der Waals surface area contributed by atoms with E-state index in [0.29, 0.717) is 22.4 Å². The Bertz CT molecular complexity index is 837. The molecule has 0 amide bonds. The molecule has 0 atom stereocenters. The van der Waals surface area contributed by atoms with E-state index in [1.54, 1.807) is 42.5 Å². The zero-order chi connectivity index (χ0) is 15.0. The van der Waals surface area contributed by atoms with Gasteiger partial charge in [-0.05, 0) is 31.0 Å². The highest BCUT2D eigenvalue weighted by molar-refractivity contribution is 6.14. The first-order valence-electron chi connectivity index (χ1n) is 6.59. The lowest BCUT2D eigenvalue weighted by molar-refractivity contribution is 0.103. The van der Waals surface area contributed by atoms with E-state index < -0.39 is 0 Å². The van der Waals surface area contributed by atoms with E-state index in [-0.39, 0.29) is 5.78 Å². The van der Waals surface area contributed by atoms with Crippen molar-refractivity contribution in [3.05, 3.63) is 59.2 Å². The maximum atomic E-state index is 12.8. The number of fused-ring (bicyclic) bond motifs is 1. The lowest BCUT2D eigenvalue weighted by Crippen LogP contribution is -2.06. The number of rotatable bonds is 3. The van der Waals surface area contributed by atoms with Crippen molar-refractivity contribution in [1.29, 1.82) is 0 Å². The zero-order valence-electron chi connectivity index (χ0n) is 12.1. The number of nitrogens with zero attached hydrogens (tertiary/aromatic N) is 3. The maximum Gasteiger partial charge on any atom is 0.200 e. The predicted molar refractivity (Wildman–Crippen MR) is 78.9 cm³/mol. The monoisotopic (exact) mass is 281 g/mol. The van der Waals surface area contributed by atoms with Crippen LogP contribution in [-0.4, -0.2) is 27.5 Å². The van der Waals surface area contributed by atoms with Gasteiger partial charge in [0.1, 0.15) is 5.75 Å². The van der Waals surface area contributed by atoms with Crippen molar-refractivity contribution < 1.29 is 9.53 Å². The fourth-order valence-electron chi connectivity index (χ4n) is 2.39.